The van der Waals surface area contributed by atoms with Gasteiger partial charge < -0.3 is 14.6 Å². The molecule has 0 bridgehead atoms. The van der Waals surface area contributed by atoms with Crippen molar-refractivity contribution in [1.82, 2.24) is 9.78 Å². The Kier molecular flexibility index (Phi) is 2.97. The minimum atomic E-state index is -1.13. The van der Waals surface area contributed by atoms with Gasteiger partial charge in [0.05, 0.1) is 12.5 Å². The van der Waals surface area contributed by atoms with Gasteiger partial charge in [-0.2, -0.15) is 5.10 Å². The fourth-order valence-electron chi connectivity index (χ4n) is 1.55. The van der Waals surface area contributed by atoms with E-state index in [1.807, 2.05) is 6.92 Å². The Morgan fingerprint density at radius 2 is 2.41 bits per heavy atom. The van der Waals surface area contributed by atoms with E-state index in [1.165, 1.54) is 18.5 Å². The molecule has 0 aliphatic rings. The first kappa shape index (κ1) is 11.4. The second-order valence-electron chi connectivity index (χ2n) is 3.54. The zero-order chi connectivity index (χ0) is 12.4. The Morgan fingerprint density at radius 1 is 1.65 bits per heavy atom. The summed E-state index contributed by atoms with van der Waals surface area (Å²) in [6.45, 7) is 2.59. The maximum absolute atomic E-state index is 10.9. The SMILES string of the molecule is CCn1cc(C(O)c2occc2C(=O)O)cn1. The molecule has 0 aliphatic carbocycles. The van der Waals surface area contributed by atoms with Crippen LogP contribution in [0.5, 0.6) is 0 Å². The number of aliphatic hydroxyl groups is 1. The van der Waals surface area contributed by atoms with Crippen LogP contribution in [-0.2, 0) is 6.54 Å². The molecule has 0 saturated heterocycles. The fourth-order valence-corrected chi connectivity index (χ4v) is 1.55. The summed E-state index contributed by atoms with van der Waals surface area (Å²) >= 11 is 0. The average molecular weight is 236 g/mol. The van der Waals surface area contributed by atoms with E-state index >= 15 is 0 Å². The van der Waals surface area contributed by atoms with Crippen LogP contribution in [0.3, 0.4) is 0 Å². The number of rotatable bonds is 4. The van der Waals surface area contributed by atoms with Crippen molar-refractivity contribution in [2.45, 2.75) is 19.6 Å². The van der Waals surface area contributed by atoms with Crippen molar-refractivity contribution in [2.75, 3.05) is 0 Å². The number of carboxylic acid groups (broad SMARTS) is 1. The van der Waals surface area contributed by atoms with Crippen LogP contribution in [0.15, 0.2) is 29.1 Å². The van der Waals surface area contributed by atoms with Gasteiger partial charge in [0.2, 0.25) is 0 Å². The summed E-state index contributed by atoms with van der Waals surface area (Å²) in [6.07, 6.45) is 3.27. The summed E-state index contributed by atoms with van der Waals surface area (Å²) in [5.74, 6) is -1.11. The Hall–Kier alpha value is -2.08. The Labute approximate surface area is 97.1 Å². The van der Waals surface area contributed by atoms with E-state index < -0.39 is 12.1 Å². The highest BCUT2D eigenvalue weighted by Crippen LogP contribution is 2.25. The number of hydrogen-bond donors (Lipinski definition) is 2. The first-order valence-corrected chi connectivity index (χ1v) is 5.14. The number of aromatic carboxylic acids is 1. The van der Waals surface area contributed by atoms with E-state index in [0.717, 1.165) is 0 Å². The molecule has 2 heterocycles. The third kappa shape index (κ3) is 2.07. The third-order valence-electron chi connectivity index (χ3n) is 2.47. The van der Waals surface area contributed by atoms with Gasteiger partial charge in [-0.1, -0.05) is 0 Å². The van der Waals surface area contributed by atoms with Crippen molar-refractivity contribution >= 4 is 5.97 Å². The van der Waals surface area contributed by atoms with Crippen molar-refractivity contribution in [3.05, 3.63) is 41.6 Å². The summed E-state index contributed by atoms with van der Waals surface area (Å²) in [7, 11) is 0. The minimum Gasteiger partial charge on any atom is -0.478 e. The highest BCUT2D eigenvalue weighted by atomic mass is 16.4. The first-order valence-electron chi connectivity index (χ1n) is 5.14. The molecule has 1 unspecified atom stereocenters. The summed E-state index contributed by atoms with van der Waals surface area (Å²) < 4.78 is 6.66. The molecule has 6 heteroatoms. The molecule has 0 saturated carbocycles. The molecule has 2 aromatic rings. The lowest BCUT2D eigenvalue weighted by atomic mass is 10.1. The molecule has 2 rings (SSSR count). The van der Waals surface area contributed by atoms with Crippen molar-refractivity contribution < 1.29 is 19.4 Å². The molecule has 0 spiro atoms. The number of carbonyl (C=O) groups is 1. The van der Waals surface area contributed by atoms with Crippen molar-refractivity contribution in [2.24, 2.45) is 0 Å². The van der Waals surface area contributed by atoms with E-state index in [1.54, 1.807) is 10.9 Å². The van der Waals surface area contributed by atoms with Gasteiger partial charge in [-0.25, -0.2) is 4.79 Å². The monoisotopic (exact) mass is 236 g/mol. The van der Waals surface area contributed by atoms with Crippen LogP contribution in [0.2, 0.25) is 0 Å². The number of nitrogens with zero attached hydrogens (tertiary/aromatic N) is 2. The summed E-state index contributed by atoms with van der Waals surface area (Å²) in [4.78, 5) is 10.9. The zero-order valence-electron chi connectivity index (χ0n) is 9.20. The topological polar surface area (TPSA) is 88.5 Å². The average Bonchev–Trinajstić information content (AvgIpc) is 2.97. The van der Waals surface area contributed by atoms with Gasteiger partial charge in [0, 0.05) is 18.3 Å². The Bertz CT molecular complexity index is 529. The van der Waals surface area contributed by atoms with Gasteiger partial charge in [-0.05, 0) is 13.0 Å². The predicted molar refractivity (Wildman–Crippen MR) is 57.6 cm³/mol. The summed E-state index contributed by atoms with van der Waals surface area (Å²) in [5.41, 5.74) is 0.464. The first-order chi connectivity index (χ1) is 8.13. The zero-order valence-corrected chi connectivity index (χ0v) is 9.20. The smallest absolute Gasteiger partial charge is 0.339 e. The maximum Gasteiger partial charge on any atom is 0.339 e. The van der Waals surface area contributed by atoms with Gasteiger partial charge in [-0.15, -0.1) is 0 Å². The lowest BCUT2D eigenvalue weighted by molar-refractivity contribution is 0.0687. The molecule has 1 atom stereocenters. The van der Waals surface area contributed by atoms with E-state index in [4.69, 9.17) is 9.52 Å². The van der Waals surface area contributed by atoms with Crippen LogP contribution >= 0.6 is 0 Å². The second kappa shape index (κ2) is 4.42. The minimum absolute atomic E-state index is 0.0214. The number of carboxylic acids is 1. The molecule has 2 aromatic heterocycles. The molecule has 6 nitrogen and oxygen atoms in total. The van der Waals surface area contributed by atoms with Crippen LogP contribution in [0.4, 0.5) is 0 Å². The number of furan rings is 1. The molecule has 0 aliphatic heterocycles. The van der Waals surface area contributed by atoms with Crippen LogP contribution in [0.1, 0.15) is 34.7 Å². The summed E-state index contributed by atoms with van der Waals surface area (Å²) in [5, 5.41) is 22.9. The van der Waals surface area contributed by atoms with Gasteiger partial charge in [0.1, 0.15) is 11.7 Å². The molecule has 0 amide bonds. The highest BCUT2D eigenvalue weighted by molar-refractivity contribution is 5.88. The quantitative estimate of drug-likeness (QED) is 0.834. The summed E-state index contributed by atoms with van der Waals surface area (Å²) in [6, 6.07) is 1.31. The second-order valence-corrected chi connectivity index (χ2v) is 3.54. The van der Waals surface area contributed by atoms with Crippen LogP contribution in [0, 0.1) is 0 Å². The number of aliphatic hydroxyl groups excluding tert-OH is 1. The van der Waals surface area contributed by atoms with Gasteiger partial charge in [0.25, 0.3) is 0 Å². The van der Waals surface area contributed by atoms with Crippen LogP contribution < -0.4 is 0 Å². The molecule has 90 valence electrons. The molecular weight excluding hydrogens is 224 g/mol. The third-order valence-corrected chi connectivity index (χ3v) is 2.47. The van der Waals surface area contributed by atoms with E-state index in [0.29, 0.717) is 12.1 Å². The number of aryl methyl sites for hydroxylation is 1. The Morgan fingerprint density at radius 3 is 3.00 bits per heavy atom. The number of hydrogen-bond acceptors (Lipinski definition) is 4. The molecule has 0 radical (unpaired) electrons. The maximum atomic E-state index is 10.9. The largest absolute Gasteiger partial charge is 0.478 e. The molecule has 17 heavy (non-hydrogen) atoms. The fraction of sp³-hybridized carbons (Fsp3) is 0.273. The Balaban J connectivity index is 2.33. The normalized spacial score (nSPS) is 12.6. The van der Waals surface area contributed by atoms with E-state index in [2.05, 4.69) is 5.10 Å². The van der Waals surface area contributed by atoms with Gasteiger partial charge in [0.15, 0.2) is 5.76 Å². The van der Waals surface area contributed by atoms with Crippen LogP contribution in [-0.4, -0.2) is 26.0 Å². The molecule has 2 N–H and O–H groups in total. The van der Waals surface area contributed by atoms with Crippen molar-refractivity contribution in [1.29, 1.82) is 0 Å². The van der Waals surface area contributed by atoms with Crippen molar-refractivity contribution in [3.8, 4) is 0 Å². The lowest BCUT2D eigenvalue weighted by Gasteiger charge is -2.05. The lowest BCUT2D eigenvalue weighted by Crippen LogP contribution is -2.05. The predicted octanol–water partition coefficient (Wildman–Crippen LogP) is 1.28. The standard InChI is InChI=1S/C11H12N2O4/c1-2-13-6-7(5-12-13)9(14)10-8(11(15)16)3-4-17-10/h3-6,9,14H,2H2,1H3,(H,15,16). The van der Waals surface area contributed by atoms with Gasteiger partial charge in [-0.3, -0.25) is 4.68 Å². The van der Waals surface area contributed by atoms with Gasteiger partial charge >= 0.3 is 5.97 Å². The molecule has 0 aromatic carbocycles. The molecular formula is C11H12N2O4. The van der Waals surface area contributed by atoms with Crippen LogP contribution in [0.25, 0.3) is 0 Å². The highest BCUT2D eigenvalue weighted by Gasteiger charge is 2.23. The van der Waals surface area contributed by atoms with E-state index in [-0.39, 0.29) is 11.3 Å². The number of aromatic nitrogens is 2. The van der Waals surface area contributed by atoms with E-state index in [9.17, 15) is 9.90 Å². The van der Waals surface area contributed by atoms with Crippen molar-refractivity contribution in [3.63, 3.8) is 0 Å². The molecule has 0 fully saturated rings.